The van der Waals surface area contributed by atoms with E-state index in [4.69, 9.17) is 11.5 Å². The molecule has 0 radical (unpaired) electrons. The second-order valence-corrected chi connectivity index (χ2v) is 7.97. The highest BCUT2D eigenvalue weighted by Gasteiger charge is 2.08. The van der Waals surface area contributed by atoms with E-state index in [0.29, 0.717) is 10.8 Å². The quantitative estimate of drug-likeness (QED) is 0.659. The number of hydrogen-bond donors (Lipinski definition) is 2. The molecule has 2 nitrogen and oxygen atoms in total. The Kier molecular flexibility index (Phi) is 13.1. The van der Waals surface area contributed by atoms with Crippen molar-refractivity contribution in [3.8, 4) is 0 Å². The van der Waals surface area contributed by atoms with Crippen LogP contribution < -0.4 is 11.5 Å². The fourth-order valence-corrected chi connectivity index (χ4v) is 1.79. The van der Waals surface area contributed by atoms with Gasteiger partial charge in [0, 0.05) is 0 Å². The highest BCUT2D eigenvalue weighted by atomic mass is 14.5. The molecule has 0 bridgehead atoms. The topological polar surface area (TPSA) is 52.0 Å². The molecule has 4 N–H and O–H groups in total. The van der Waals surface area contributed by atoms with Crippen molar-refractivity contribution in [2.75, 3.05) is 13.1 Å². The fourth-order valence-electron chi connectivity index (χ4n) is 1.79. The summed E-state index contributed by atoms with van der Waals surface area (Å²) in [5.74, 6) is 0. The molecule has 0 aromatic rings. The van der Waals surface area contributed by atoms with Gasteiger partial charge in [-0.1, -0.05) is 60.8 Å². The Labute approximate surface area is 122 Å². The maximum Gasteiger partial charge on any atom is -0.00771 e. The van der Waals surface area contributed by atoms with E-state index in [9.17, 15) is 0 Å². The summed E-state index contributed by atoms with van der Waals surface area (Å²) in [6.07, 6.45) is 8.97. The van der Waals surface area contributed by atoms with Crippen LogP contribution in [0.1, 0.15) is 86.5 Å². The highest BCUT2D eigenvalue weighted by Crippen LogP contribution is 2.22. The third-order valence-electron chi connectivity index (χ3n) is 3.01. The molecule has 0 aromatic carbocycles. The molecule has 0 spiro atoms. The second-order valence-electron chi connectivity index (χ2n) is 7.97. The summed E-state index contributed by atoms with van der Waals surface area (Å²) in [5, 5.41) is 0. The summed E-state index contributed by atoms with van der Waals surface area (Å²) in [5.41, 5.74) is 11.7. The summed E-state index contributed by atoms with van der Waals surface area (Å²) in [6, 6.07) is 0. The van der Waals surface area contributed by atoms with E-state index >= 15 is 0 Å². The fraction of sp³-hybridized carbons (Fsp3) is 1.00. The van der Waals surface area contributed by atoms with E-state index in [1.54, 1.807) is 0 Å². The van der Waals surface area contributed by atoms with Crippen LogP contribution in [-0.2, 0) is 0 Å². The maximum absolute atomic E-state index is 5.40. The van der Waals surface area contributed by atoms with Gasteiger partial charge in [0.25, 0.3) is 0 Å². The van der Waals surface area contributed by atoms with Crippen LogP contribution in [0.2, 0.25) is 0 Å². The first kappa shape index (κ1) is 21.2. The largest absolute Gasteiger partial charge is 0.330 e. The van der Waals surface area contributed by atoms with Crippen LogP contribution in [0, 0.1) is 10.8 Å². The van der Waals surface area contributed by atoms with Gasteiger partial charge < -0.3 is 11.5 Å². The normalized spacial score (nSPS) is 12.0. The SMILES string of the molecule is CC(C)(C)CCCCCCN.CC(C)(C)CCCN. The van der Waals surface area contributed by atoms with Gasteiger partial charge in [-0.25, -0.2) is 0 Å². The first-order valence-electron chi connectivity index (χ1n) is 8.02. The molecule has 0 aliphatic carbocycles. The lowest BCUT2D eigenvalue weighted by Gasteiger charge is -2.17. The minimum Gasteiger partial charge on any atom is -0.330 e. The lowest BCUT2D eigenvalue weighted by Crippen LogP contribution is -2.08. The molecule has 2 heteroatoms. The average Bonchev–Trinajstić information content (AvgIpc) is 2.24. The smallest absolute Gasteiger partial charge is 0.00771 e. The zero-order valence-electron chi connectivity index (χ0n) is 14.5. The minimum absolute atomic E-state index is 0.472. The van der Waals surface area contributed by atoms with Crippen molar-refractivity contribution < 1.29 is 0 Å². The van der Waals surface area contributed by atoms with E-state index in [0.717, 1.165) is 19.5 Å². The Balaban J connectivity index is 0. The lowest BCUT2D eigenvalue weighted by atomic mass is 9.89. The molecule has 0 fully saturated rings. The van der Waals surface area contributed by atoms with Gasteiger partial charge in [-0.2, -0.15) is 0 Å². The van der Waals surface area contributed by atoms with Crippen molar-refractivity contribution in [1.82, 2.24) is 0 Å². The van der Waals surface area contributed by atoms with Crippen LogP contribution in [0.5, 0.6) is 0 Å². The van der Waals surface area contributed by atoms with Crippen LogP contribution in [-0.4, -0.2) is 13.1 Å². The molecule has 0 heterocycles. The van der Waals surface area contributed by atoms with E-state index in [-0.39, 0.29) is 0 Å². The highest BCUT2D eigenvalue weighted by molar-refractivity contribution is 4.61. The molecular weight excluding hydrogens is 232 g/mol. The summed E-state index contributed by atoms with van der Waals surface area (Å²) in [7, 11) is 0. The predicted molar refractivity (Wildman–Crippen MR) is 89.3 cm³/mol. The molecule has 0 aliphatic heterocycles. The van der Waals surface area contributed by atoms with Crippen molar-refractivity contribution in [2.24, 2.45) is 22.3 Å². The van der Waals surface area contributed by atoms with Gasteiger partial charge in [0.15, 0.2) is 0 Å². The minimum atomic E-state index is 0.472. The Morgan fingerprint density at radius 3 is 1.21 bits per heavy atom. The standard InChI is InChI=1S/C10H23N.C7H17N/c1-10(2,3)8-6-4-5-7-9-11;1-7(2,3)5-4-6-8/h4-9,11H2,1-3H3;4-6,8H2,1-3H3. The average molecular weight is 273 g/mol. The Hall–Kier alpha value is -0.0800. The molecule has 19 heavy (non-hydrogen) atoms. The third-order valence-corrected chi connectivity index (χ3v) is 3.01. The van der Waals surface area contributed by atoms with Crippen LogP contribution in [0.15, 0.2) is 0 Å². The number of unbranched alkanes of at least 4 members (excludes halogenated alkanes) is 3. The van der Waals surface area contributed by atoms with Gasteiger partial charge in [0.1, 0.15) is 0 Å². The van der Waals surface area contributed by atoms with Gasteiger partial charge in [-0.3, -0.25) is 0 Å². The first-order chi connectivity index (χ1) is 8.62. The summed E-state index contributed by atoms with van der Waals surface area (Å²) in [4.78, 5) is 0. The van der Waals surface area contributed by atoms with Gasteiger partial charge in [-0.15, -0.1) is 0 Å². The summed E-state index contributed by atoms with van der Waals surface area (Å²) < 4.78 is 0. The van der Waals surface area contributed by atoms with Crippen molar-refractivity contribution in [1.29, 1.82) is 0 Å². The number of rotatable bonds is 7. The Bertz CT molecular complexity index is 175. The molecule has 0 aromatic heterocycles. The first-order valence-corrected chi connectivity index (χ1v) is 8.02. The number of hydrogen-bond acceptors (Lipinski definition) is 2. The van der Waals surface area contributed by atoms with Crippen LogP contribution >= 0.6 is 0 Å². The van der Waals surface area contributed by atoms with Gasteiger partial charge >= 0.3 is 0 Å². The van der Waals surface area contributed by atoms with E-state index < -0.39 is 0 Å². The molecule has 0 aliphatic rings. The van der Waals surface area contributed by atoms with Crippen LogP contribution in [0.4, 0.5) is 0 Å². The Morgan fingerprint density at radius 1 is 0.526 bits per heavy atom. The molecule has 0 rings (SSSR count). The number of nitrogens with two attached hydrogens (primary N) is 2. The summed E-state index contributed by atoms with van der Waals surface area (Å²) in [6.45, 7) is 15.3. The monoisotopic (exact) mass is 272 g/mol. The van der Waals surface area contributed by atoms with Crippen LogP contribution in [0.25, 0.3) is 0 Å². The van der Waals surface area contributed by atoms with Gasteiger partial charge in [0.05, 0.1) is 0 Å². The van der Waals surface area contributed by atoms with Gasteiger partial charge in [-0.05, 0) is 49.6 Å². The van der Waals surface area contributed by atoms with E-state index in [2.05, 4.69) is 41.5 Å². The van der Waals surface area contributed by atoms with Crippen molar-refractivity contribution in [3.05, 3.63) is 0 Å². The second kappa shape index (κ2) is 11.7. The third kappa shape index (κ3) is 27.2. The zero-order chi connectivity index (χ0) is 15.4. The molecular formula is C17H40N2. The predicted octanol–water partition coefficient (Wildman–Crippen LogP) is 4.71. The molecule has 0 saturated carbocycles. The maximum atomic E-state index is 5.40. The molecule has 0 atom stereocenters. The molecule has 0 unspecified atom stereocenters. The molecule has 0 amide bonds. The van der Waals surface area contributed by atoms with E-state index in [1.165, 1.54) is 38.5 Å². The molecule has 118 valence electrons. The van der Waals surface area contributed by atoms with Crippen molar-refractivity contribution in [2.45, 2.75) is 86.5 Å². The molecule has 0 saturated heterocycles. The lowest BCUT2D eigenvalue weighted by molar-refractivity contribution is 0.357. The summed E-state index contributed by atoms with van der Waals surface area (Å²) >= 11 is 0. The van der Waals surface area contributed by atoms with Crippen molar-refractivity contribution in [3.63, 3.8) is 0 Å². The van der Waals surface area contributed by atoms with E-state index in [1.807, 2.05) is 0 Å². The zero-order valence-corrected chi connectivity index (χ0v) is 14.5. The Morgan fingerprint density at radius 2 is 0.895 bits per heavy atom. The van der Waals surface area contributed by atoms with Gasteiger partial charge in [0.2, 0.25) is 0 Å². The van der Waals surface area contributed by atoms with Crippen molar-refractivity contribution >= 4 is 0 Å². The van der Waals surface area contributed by atoms with Crippen LogP contribution in [0.3, 0.4) is 0 Å².